The lowest BCUT2D eigenvalue weighted by molar-refractivity contribution is -0.136. The number of aromatic nitrogens is 2. The third-order valence-corrected chi connectivity index (χ3v) is 6.78. The van der Waals surface area contributed by atoms with Gasteiger partial charge in [0.05, 0.1) is 24.5 Å². The minimum Gasteiger partial charge on any atom is -0.481 e. The summed E-state index contributed by atoms with van der Waals surface area (Å²) in [6, 6.07) is 5.63. The molecule has 1 aromatic heterocycles. The quantitative estimate of drug-likeness (QED) is 0.664. The second kappa shape index (κ2) is 8.73. The Morgan fingerprint density at radius 2 is 1.86 bits per heavy atom. The van der Waals surface area contributed by atoms with Crippen LogP contribution in [0.3, 0.4) is 0 Å². The fourth-order valence-corrected chi connectivity index (χ4v) is 4.64. The van der Waals surface area contributed by atoms with Crippen LogP contribution in [0.1, 0.15) is 21.8 Å². The number of sulfonamides is 1. The van der Waals surface area contributed by atoms with Crippen molar-refractivity contribution >= 4 is 38.4 Å². The van der Waals surface area contributed by atoms with Gasteiger partial charge in [-0.3, -0.25) is 14.9 Å². The Labute approximate surface area is 165 Å². The SMILES string of the molecule is O=C(O)CCc1nnc(NC(=O)c2ccc(S(=O)(=O)N3CCOCC3)cc2)s1. The molecule has 0 unspecified atom stereocenters. The predicted octanol–water partition coefficient (Wildman–Crippen LogP) is 0.829. The zero-order valence-electron chi connectivity index (χ0n) is 14.7. The van der Waals surface area contributed by atoms with Crippen LogP contribution in [-0.4, -0.2) is 66.2 Å². The van der Waals surface area contributed by atoms with E-state index in [0.717, 1.165) is 11.3 Å². The summed E-state index contributed by atoms with van der Waals surface area (Å²) in [6.45, 7) is 1.31. The highest BCUT2D eigenvalue weighted by molar-refractivity contribution is 7.89. The number of hydrogen-bond donors (Lipinski definition) is 2. The van der Waals surface area contributed by atoms with Gasteiger partial charge in [-0.05, 0) is 24.3 Å². The topological polar surface area (TPSA) is 139 Å². The summed E-state index contributed by atoms with van der Waals surface area (Å²) in [7, 11) is -3.62. The monoisotopic (exact) mass is 426 g/mol. The Bertz CT molecular complexity index is 952. The standard InChI is InChI=1S/C16H18N4O6S2/c21-14(22)6-5-13-18-19-16(27-13)17-15(23)11-1-3-12(4-2-11)28(24,25)20-7-9-26-10-8-20/h1-4H,5-10H2,(H,21,22)(H,17,19,23). The summed E-state index contributed by atoms with van der Waals surface area (Å²) in [6.07, 6.45) is 0.165. The first-order valence-electron chi connectivity index (χ1n) is 8.40. The number of carboxylic acid groups (broad SMARTS) is 1. The van der Waals surface area contributed by atoms with Gasteiger partial charge >= 0.3 is 5.97 Å². The maximum absolute atomic E-state index is 12.6. The molecule has 2 heterocycles. The van der Waals surface area contributed by atoms with E-state index in [1.54, 1.807) is 0 Å². The van der Waals surface area contributed by atoms with Crippen molar-refractivity contribution in [3.8, 4) is 0 Å². The van der Waals surface area contributed by atoms with Gasteiger partial charge in [0.2, 0.25) is 15.2 Å². The van der Waals surface area contributed by atoms with Crippen molar-refractivity contribution in [2.75, 3.05) is 31.6 Å². The summed E-state index contributed by atoms with van der Waals surface area (Å²) in [4.78, 5) is 23.0. The van der Waals surface area contributed by atoms with Crippen LogP contribution in [0.2, 0.25) is 0 Å². The first-order valence-corrected chi connectivity index (χ1v) is 10.7. The van der Waals surface area contributed by atoms with Crippen molar-refractivity contribution in [1.82, 2.24) is 14.5 Å². The van der Waals surface area contributed by atoms with Crippen LogP contribution >= 0.6 is 11.3 Å². The Morgan fingerprint density at radius 3 is 2.50 bits per heavy atom. The van der Waals surface area contributed by atoms with Crippen LogP contribution in [0.4, 0.5) is 5.13 Å². The van der Waals surface area contributed by atoms with E-state index >= 15 is 0 Å². The molecule has 0 radical (unpaired) electrons. The minimum absolute atomic E-state index is 0.0678. The van der Waals surface area contributed by atoms with Gasteiger partial charge in [-0.2, -0.15) is 4.31 Å². The third-order valence-electron chi connectivity index (χ3n) is 3.96. The van der Waals surface area contributed by atoms with E-state index in [1.165, 1.54) is 28.6 Å². The van der Waals surface area contributed by atoms with Crippen LogP contribution in [0.25, 0.3) is 0 Å². The van der Waals surface area contributed by atoms with Crippen molar-refractivity contribution in [2.24, 2.45) is 0 Å². The number of ether oxygens (including phenoxy) is 1. The molecular formula is C16H18N4O6S2. The largest absolute Gasteiger partial charge is 0.481 e. The molecule has 0 saturated carbocycles. The van der Waals surface area contributed by atoms with Crippen molar-refractivity contribution < 1.29 is 27.9 Å². The number of carboxylic acids is 1. The zero-order chi connectivity index (χ0) is 20.1. The number of nitrogens with one attached hydrogen (secondary N) is 1. The third kappa shape index (κ3) is 4.90. The Morgan fingerprint density at radius 1 is 1.18 bits per heavy atom. The lowest BCUT2D eigenvalue weighted by Gasteiger charge is -2.26. The van der Waals surface area contributed by atoms with E-state index in [-0.39, 0.29) is 28.4 Å². The van der Waals surface area contributed by atoms with Gasteiger partial charge in [0.15, 0.2) is 0 Å². The Balaban J connectivity index is 1.64. The van der Waals surface area contributed by atoms with Crippen molar-refractivity contribution in [3.05, 3.63) is 34.8 Å². The number of morpholine rings is 1. The minimum atomic E-state index is -3.62. The number of hydrogen-bond acceptors (Lipinski definition) is 8. The van der Waals surface area contributed by atoms with E-state index in [1.807, 2.05) is 0 Å². The molecule has 12 heteroatoms. The number of carbonyl (C=O) groups excluding carboxylic acids is 1. The van der Waals surface area contributed by atoms with E-state index in [9.17, 15) is 18.0 Å². The fraction of sp³-hybridized carbons (Fsp3) is 0.375. The number of amides is 1. The van der Waals surface area contributed by atoms with Gasteiger partial charge in [-0.1, -0.05) is 11.3 Å². The first-order chi connectivity index (χ1) is 13.4. The Kier molecular flexibility index (Phi) is 6.34. The molecule has 2 N–H and O–H groups in total. The lowest BCUT2D eigenvalue weighted by Crippen LogP contribution is -2.40. The molecular weight excluding hydrogens is 408 g/mol. The van der Waals surface area contributed by atoms with Gasteiger partial charge in [-0.25, -0.2) is 8.42 Å². The number of aryl methyl sites for hydroxylation is 1. The molecule has 1 aliphatic rings. The fourth-order valence-electron chi connectivity index (χ4n) is 2.50. The normalized spacial score (nSPS) is 15.3. The molecule has 1 aliphatic heterocycles. The molecule has 10 nitrogen and oxygen atoms in total. The van der Waals surface area contributed by atoms with E-state index in [0.29, 0.717) is 31.3 Å². The summed E-state index contributed by atoms with van der Waals surface area (Å²) in [5, 5.41) is 19.6. The maximum Gasteiger partial charge on any atom is 0.303 e. The van der Waals surface area contributed by atoms with Gasteiger partial charge in [0, 0.05) is 25.1 Å². The molecule has 0 spiro atoms. The lowest BCUT2D eigenvalue weighted by atomic mass is 10.2. The highest BCUT2D eigenvalue weighted by Gasteiger charge is 2.26. The summed E-state index contributed by atoms with van der Waals surface area (Å²) >= 11 is 1.09. The van der Waals surface area contributed by atoms with Crippen LogP contribution in [0.15, 0.2) is 29.2 Å². The van der Waals surface area contributed by atoms with Gasteiger partial charge in [0.25, 0.3) is 5.91 Å². The van der Waals surface area contributed by atoms with Crippen molar-refractivity contribution in [2.45, 2.75) is 17.7 Å². The molecule has 0 aliphatic carbocycles. The van der Waals surface area contributed by atoms with Gasteiger partial charge < -0.3 is 9.84 Å². The van der Waals surface area contributed by atoms with Gasteiger partial charge in [0.1, 0.15) is 5.01 Å². The number of aliphatic carboxylic acids is 1. The second-order valence-corrected chi connectivity index (χ2v) is 8.89. The number of anilines is 1. The summed E-state index contributed by atoms with van der Waals surface area (Å²) in [5.41, 5.74) is 0.267. The molecule has 1 saturated heterocycles. The average Bonchev–Trinajstić information content (AvgIpc) is 3.14. The molecule has 1 fully saturated rings. The van der Waals surface area contributed by atoms with Gasteiger partial charge in [-0.15, -0.1) is 10.2 Å². The van der Waals surface area contributed by atoms with Crippen LogP contribution < -0.4 is 5.32 Å². The molecule has 3 rings (SSSR count). The molecule has 0 bridgehead atoms. The van der Waals surface area contributed by atoms with Crippen LogP contribution in [-0.2, 0) is 26.0 Å². The number of rotatable bonds is 7. The molecule has 28 heavy (non-hydrogen) atoms. The number of nitrogens with zero attached hydrogens (tertiary/aromatic N) is 3. The molecule has 150 valence electrons. The smallest absolute Gasteiger partial charge is 0.303 e. The van der Waals surface area contributed by atoms with Crippen molar-refractivity contribution in [1.29, 1.82) is 0 Å². The van der Waals surface area contributed by atoms with E-state index in [4.69, 9.17) is 9.84 Å². The first kappa shape index (κ1) is 20.3. The molecule has 1 amide bonds. The average molecular weight is 426 g/mol. The highest BCUT2D eigenvalue weighted by Crippen LogP contribution is 2.20. The van der Waals surface area contributed by atoms with E-state index in [2.05, 4.69) is 15.5 Å². The van der Waals surface area contributed by atoms with Crippen molar-refractivity contribution in [3.63, 3.8) is 0 Å². The second-order valence-electron chi connectivity index (χ2n) is 5.89. The molecule has 0 atom stereocenters. The Hall–Kier alpha value is -2.41. The van der Waals surface area contributed by atoms with E-state index < -0.39 is 21.9 Å². The molecule has 1 aromatic carbocycles. The predicted molar refractivity (Wildman–Crippen MR) is 99.8 cm³/mol. The maximum atomic E-state index is 12.6. The molecule has 2 aromatic rings. The highest BCUT2D eigenvalue weighted by atomic mass is 32.2. The number of benzene rings is 1. The zero-order valence-corrected chi connectivity index (χ0v) is 16.3. The number of carbonyl (C=O) groups is 2. The summed E-state index contributed by atoms with van der Waals surface area (Å²) < 4.78 is 31.7. The summed E-state index contributed by atoms with van der Waals surface area (Å²) in [5.74, 6) is -1.40. The van der Waals surface area contributed by atoms with Crippen LogP contribution in [0.5, 0.6) is 0 Å². The van der Waals surface area contributed by atoms with Crippen LogP contribution in [0, 0.1) is 0 Å².